The number of anilines is 3. The van der Waals surface area contributed by atoms with Crippen LogP contribution in [0.25, 0.3) is 11.0 Å². The van der Waals surface area contributed by atoms with Gasteiger partial charge in [-0.05, 0) is 53.5 Å². The number of nitrogens with one attached hydrogen (secondary N) is 2. The van der Waals surface area contributed by atoms with Gasteiger partial charge in [0.05, 0.1) is 34.7 Å². The number of nitrogens with zero attached hydrogens (tertiary/aromatic N) is 5. The molecule has 6 rings (SSSR count). The van der Waals surface area contributed by atoms with Crippen LogP contribution < -0.4 is 15.5 Å². The molecule has 0 unspecified atom stereocenters. The molecule has 1 fully saturated rings. The number of benzene rings is 3. The third kappa shape index (κ3) is 5.85. The average Bonchev–Trinajstić information content (AvgIpc) is 3.48. The minimum atomic E-state index is -0.295. The summed E-state index contributed by atoms with van der Waals surface area (Å²) in [7, 11) is 0. The van der Waals surface area contributed by atoms with Gasteiger partial charge in [0.2, 0.25) is 0 Å². The highest BCUT2D eigenvalue weighted by Gasteiger charge is 2.24. The Labute approximate surface area is 239 Å². The van der Waals surface area contributed by atoms with Gasteiger partial charge in [-0.1, -0.05) is 36.4 Å². The number of aromatic nitrogens is 3. The van der Waals surface area contributed by atoms with E-state index in [0.29, 0.717) is 53.8 Å². The molecule has 3 aromatic carbocycles. The van der Waals surface area contributed by atoms with Crippen LogP contribution in [0.2, 0.25) is 0 Å². The molecule has 41 heavy (non-hydrogen) atoms. The molecule has 0 aliphatic carbocycles. The highest BCUT2D eigenvalue weighted by atomic mass is 32.1. The maximum absolute atomic E-state index is 14.2. The fraction of sp³-hybridized carbons (Fsp3) is 0.167. The van der Waals surface area contributed by atoms with E-state index >= 15 is 0 Å². The van der Waals surface area contributed by atoms with Crippen LogP contribution in [0, 0.1) is 5.82 Å². The fourth-order valence-electron chi connectivity index (χ4n) is 4.76. The molecular weight excluding hydrogens is 541 g/mol. The minimum absolute atomic E-state index is 0.0867. The number of fused-ring (bicyclic) bond motifs is 1. The van der Waals surface area contributed by atoms with Crippen LogP contribution in [0.3, 0.4) is 0 Å². The van der Waals surface area contributed by atoms with Crippen molar-refractivity contribution in [2.45, 2.75) is 6.54 Å². The van der Waals surface area contributed by atoms with E-state index in [2.05, 4.69) is 25.0 Å². The molecule has 11 heteroatoms. The second kappa shape index (κ2) is 11.7. The lowest BCUT2D eigenvalue weighted by Crippen LogP contribution is -2.49. The molecule has 5 aromatic rings. The highest BCUT2D eigenvalue weighted by Crippen LogP contribution is 2.25. The van der Waals surface area contributed by atoms with E-state index in [4.69, 9.17) is 0 Å². The molecule has 0 atom stereocenters. The molecule has 2 N–H and O–H groups in total. The molecule has 2 aromatic heterocycles. The molecule has 2 amide bonds. The number of halogens is 1. The van der Waals surface area contributed by atoms with E-state index in [1.54, 1.807) is 35.4 Å². The quantitative estimate of drug-likeness (QED) is 0.290. The van der Waals surface area contributed by atoms with Crippen LogP contribution in [-0.4, -0.2) is 57.2 Å². The number of piperazine rings is 1. The van der Waals surface area contributed by atoms with E-state index < -0.39 is 0 Å². The number of hydrogen-bond donors (Lipinski definition) is 2. The van der Waals surface area contributed by atoms with Crippen molar-refractivity contribution in [3.05, 3.63) is 108 Å². The lowest BCUT2D eigenvalue weighted by Gasteiger charge is -2.36. The summed E-state index contributed by atoms with van der Waals surface area (Å²) in [6, 6.07) is 21.5. The van der Waals surface area contributed by atoms with Gasteiger partial charge in [-0.25, -0.2) is 9.37 Å². The van der Waals surface area contributed by atoms with Crippen molar-refractivity contribution in [3.63, 3.8) is 0 Å². The average molecular weight is 568 g/mol. The monoisotopic (exact) mass is 567 g/mol. The number of para-hydroxylation sites is 3. The Hall–Kier alpha value is -4.90. The third-order valence-electron chi connectivity index (χ3n) is 6.89. The number of hydrogen-bond acceptors (Lipinski definition) is 8. The van der Waals surface area contributed by atoms with Gasteiger partial charge in [-0.15, -0.1) is 0 Å². The molecule has 0 radical (unpaired) electrons. The summed E-state index contributed by atoms with van der Waals surface area (Å²) in [5.74, 6) is -0.124. The molecular formula is C30H26FN7O2S. The molecule has 1 aliphatic rings. The molecule has 3 heterocycles. The summed E-state index contributed by atoms with van der Waals surface area (Å²) in [6.07, 6.45) is 3.13. The second-order valence-electron chi connectivity index (χ2n) is 9.55. The van der Waals surface area contributed by atoms with Crippen molar-refractivity contribution in [2.24, 2.45) is 0 Å². The summed E-state index contributed by atoms with van der Waals surface area (Å²) in [5.41, 5.74) is 3.82. The Morgan fingerprint density at radius 1 is 0.902 bits per heavy atom. The zero-order valence-electron chi connectivity index (χ0n) is 22.0. The van der Waals surface area contributed by atoms with Crippen LogP contribution in [0.4, 0.5) is 20.9 Å². The van der Waals surface area contributed by atoms with Gasteiger partial charge in [0, 0.05) is 38.3 Å². The first-order valence-electron chi connectivity index (χ1n) is 13.1. The van der Waals surface area contributed by atoms with Crippen molar-refractivity contribution in [1.82, 2.24) is 24.6 Å². The predicted molar refractivity (Wildman–Crippen MR) is 157 cm³/mol. The van der Waals surface area contributed by atoms with E-state index in [-0.39, 0.29) is 24.2 Å². The van der Waals surface area contributed by atoms with Crippen LogP contribution in [0.15, 0.2) is 85.2 Å². The molecule has 206 valence electrons. The van der Waals surface area contributed by atoms with Gasteiger partial charge < -0.3 is 20.4 Å². The topological polar surface area (TPSA) is 103 Å². The number of rotatable bonds is 7. The summed E-state index contributed by atoms with van der Waals surface area (Å²) < 4.78 is 18.3. The normalized spacial score (nSPS) is 13.3. The first kappa shape index (κ1) is 26.3. The molecule has 0 spiro atoms. The van der Waals surface area contributed by atoms with Crippen LogP contribution in [-0.2, 0) is 6.54 Å². The van der Waals surface area contributed by atoms with Crippen molar-refractivity contribution in [1.29, 1.82) is 0 Å². The Bertz CT molecular complexity index is 1720. The van der Waals surface area contributed by atoms with Gasteiger partial charge in [-0.2, -0.15) is 4.37 Å². The first-order chi connectivity index (χ1) is 20.0. The van der Waals surface area contributed by atoms with Crippen molar-refractivity contribution < 1.29 is 14.0 Å². The molecule has 1 saturated heterocycles. The van der Waals surface area contributed by atoms with Gasteiger partial charge in [-0.3, -0.25) is 14.6 Å². The van der Waals surface area contributed by atoms with E-state index in [9.17, 15) is 14.0 Å². The Balaban J connectivity index is 1.06. The third-order valence-corrected chi connectivity index (χ3v) is 7.61. The fourth-order valence-corrected chi connectivity index (χ4v) is 5.42. The Morgan fingerprint density at radius 2 is 1.68 bits per heavy atom. The highest BCUT2D eigenvalue weighted by molar-refractivity contribution is 7.10. The number of carbonyl (C=O) groups excluding carboxylic acids is 2. The Kier molecular flexibility index (Phi) is 7.50. The summed E-state index contributed by atoms with van der Waals surface area (Å²) in [6.45, 7) is 2.34. The number of carbonyl (C=O) groups is 2. The van der Waals surface area contributed by atoms with E-state index in [1.165, 1.54) is 12.3 Å². The lowest BCUT2D eigenvalue weighted by molar-refractivity contribution is 0.0746. The second-order valence-corrected chi connectivity index (χ2v) is 10.4. The van der Waals surface area contributed by atoms with Gasteiger partial charge in [0.25, 0.3) is 11.8 Å². The SMILES string of the molecule is O=C(NCc1cccc(C(=O)N2CCN(c3ccccc3F)CC2)c1)c1cnsc1Nc1cnc2ccccc2n1. The van der Waals surface area contributed by atoms with Crippen LogP contribution in [0.1, 0.15) is 26.3 Å². The van der Waals surface area contributed by atoms with E-state index in [0.717, 1.165) is 28.1 Å². The van der Waals surface area contributed by atoms with Gasteiger partial charge in [0.1, 0.15) is 16.6 Å². The first-order valence-corrected chi connectivity index (χ1v) is 13.9. The summed E-state index contributed by atoms with van der Waals surface area (Å²) in [5, 5.41) is 6.63. The summed E-state index contributed by atoms with van der Waals surface area (Å²) in [4.78, 5) is 38.9. The Morgan fingerprint density at radius 3 is 2.51 bits per heavy atom. The largest absolute Gasteiger partial charge is 0.366 e. The van der Waals surface area contributed by atoms with Crippen molar-refractivity contribution in [3.8, 4) is 0 Å². The van der Waals surface area contributed by atoms with Crippen molar-refractivity contribution in [2.75, 3.05) is 36.4 Å². The molecule has 9 nitrogen and oxygen atoms in total. The summed E-state index contributed by atoms with van der Waals surface area (Å²) >= 11 is 1.16. The van der Waals surface area contributed by atoms with Gasteiger partial charge >= 0.3 is 0 Å². The lowest BCUT2D eigenvalue weighted by atomic mass is 10.1. The smallest absolute Gasteiger partial charge is 0.256 e. The molecule has 0 saturated carbocycles. The van der Waals surface area contributed by atoms with Gasteiger partial charge in [0.15, 0.2) is 0 Å². The van der Waals surface area contributed by atoms with E-state index in [1.807, 2.05) is 47.4 Å². The molecule has 1 aliphatic heterocycles. The van der Waals surface area contributed by atoms with Crippen molar-refractivity contribution >= 4 is 50.9 Å². The molecule has 0 bridgehead atoms. The van der Waals surface area contributed by atoms with Crippen LogP contribution >= 0.6 is 11.5 Å². The zero-order chi connectivity index (χ0) is 28.2. The van der Waals surface area contributed by atoms with Crippen LogP contribution in [0.5, 0.6) is 0 Å². The minimum Gasteiger partial charge on any atom is -0.366 e. The predicted octanol–water partition coefficient (Wildman–Crippen LogP) is 4.86. The maximum atomic E-state index is 14.2. The zero-order valence-corrected chi connectivity index (χ0v) is 22.8. The number of amides is 2. The maximum Gasteiger partial charge on any atom is 0.256 e. The standard InChI is InChI=1S/C30H26FN7O2S/c31-23-8-1-4-11-26(23)37-12-14-38(15-13-37)30(40)21-7-5-6-20(16-21)17-33-28(39)22-18-34-41-29(22)36-27-19-32-24-9-2-3-10-25(24)35-27/h1-11,16,18-19H,12-15,17H2,(H,33,39)(H,35,36).